The number of hydrogen-bond donors (Lipinski definition) is 0. The molecule has 0 saturated carbocycles. The third kappa shape index (κ3) is 3.43. The van der Waals surface area contributed by atoms with E-state index in [1.807, 2.05) is 35.1 Å². The van der Waals surface area contributed by atoms with E-state index in [4.69, 9.17) is 4.74 Å². The van der Waals surface area contributed by atoms with Crippen LogP contribution in [0.2, 0.25) is 0 Å². The highest BCUT2D eigenvalue weighted by Crippen LogP contribution is 2.21. The Morgan fingerprint density at radius 3 is 2.79 bits per heavy atom. The Balaban J connectivity index is 1.82. The number of aromatic nitrogens is 4. The Morgan fingerprint density at radius 1 is 1.25 bits per heavy atom. The van der Waals surface area contributed by atoms with E-state index in [-0.39, 0.29) is 5.78 Å². The van der Waals surface area contributed by atoms with Gasteiger partial charge in [-0.05, 0) is 35.9 Å². The van der Waals surface area contributed by atoms with E-state index in [9.17, 15) is 4.79 Å². The van der Waals surface area contributed by atoms with Crippen LogP contribution in [0.15, 0.2) is 55.0 Å². The van der Waals surface area contributed by atoms with Crippen LogP contribution < -0.4 is 4.74 Å². The zero-order valence-electron chi connectivity index (χ0n) is 13.6. The lowest BCUT2D eigenvalue weighted by Crippen LogP contribution is -2.04. The van der Waals surface area contributed by atoms with Crippen LogP contribution in [0.1, 0.15) is 21.6 Å². The van der Waals surface area contributed by atoms with Crippen LogP contribution in [0.3, 0.4) is 0 Å². The summed E-state index contributed by atoms with van der Waals surface area (Å²) in [6.07, 6.45) is 8.59. The van der Waals surface area contributed by atoms with Crippen molar-refractivity contribution in [2.45, 2.75) is 6.54 Å². The van der Waals surface area contributed by atoms with Gasteiger partial charge in [0, 0.05) is 31.2 Å². The molecule has 0 aliphatic carbocycles. The number of allylic oxidation sites excluding steroid dienone is 1. The predicted octanol–water partition coefficient (Wildman–Crippen LogP) is 2.57. The minimum absolute atomic E-state index is 0.0838. The molecule has 0 amide bonds. The fraction of sp³-hybridized carbons (Fsp3) is 0.167. The Bertz CT molecular complexity index is 863. The number of nitrogens with zero attached hydrogens (tertiary/aromatic N) is 4. The molecule has 0 spiro atoms. The first kappa shape index (κ1) is 15.7. The number of methoxy groups -OCH3 is 1. The van der Waals surface area contributed by atoms with Crippen LogP contribution in [-0.2, 0) is 13.6 Å². The van der Waals surface area contributed by atoms with Crippen molar-refractivity contribution in [1.29, 1.82) is 0 Å². The zero-order chi connectivity index (χ0) is 16.9. The summed E-state index contributed by atoms with van der Waals surface area (Å²) in [6, 6.07) is 9.38. The van der Waals surface area contributed by atoms with E-state index in [0.717, 1.165) is 16.9 Å². The predicted molar refractivity (Wildman–Crippen MR) is 90.9 cm³/mol. The van der Waals surface area contributed by atoms with Gasteiger partial charge in [0.2, 0.25) is 5.78 Å². The molecule has 2 heterocycles. The Kier molecular flexibility index (Phi) is 4.56. The number of ketones is 1. The molecule has 122 valence electrons. The molecule has 24 heavy (non-hydrogen) atoms. The van der Waals surface area contributed by atoms with Crippen LogP contribution in [-0.4, -0.2) is 32.5 Å². The first-order valence-corrected chi connectivity index (χ1v) is 7.52. The molecule has 0 aliphatic heterocycles. The molecular weight excluding hydrogens is 304 g/mol. The van der Waals surface area contributed by atoms with Crippen LogP contribution in [0, 0.1) is 0 Å². The van der Waals surface area contributed by atoms with Gasteiger partial charge in [0.1, 0.15) is 11.4 Å². The molecule has 0 saturated heterocycles. The topological polar surface area (TPSA) is 61.9 Å². The van der Waals surface area contributed by atoms with E-state index < -0.39 is 0 Å². The number of ether oxygens (including phenoxy) is 1. The summed E-state index contributed by atoms with van der Waals surface area (Å²) in [5.74, 6) is 0.708. The third-order valence-corrected chi connectivity index (χ3v) is 3.70. The summed E-state index contributed by atoms with van der Waals surface area (Å²) < 4.78 is 8.79. The van der Waals surface area contributed by atoms with Gasteiger partial charge in [-0.25, -0.2) is 0 Å². The standard InChI is InChI=1S/C18H18N4O2/c1-21-16(8-10-19-21)17(23)6-4-14-5-7-18(24-2)15(12-14)13-22-11-3-9-20-22/h3-12H,13H2,1-2H3. The fourth-order valence-corrected chi connectivity index (χ4v) is 2.47. The maximum Gasteiger partial charge on any atom is 0.203 e. The van der Waals surface area contributed by atoms with Crippen molar-refractivity contribution in [3.05, 3.63) is 71.8 Å². The maximum absolute atomic E-state index is 12.2. The number of carbonyl (C=O) groups is 1. The lowest BCUT2D eigenvalue weighted by atomic mass is 10.1. The minimum Gasteiger partial charge on any atom is -0.496 e. The quantitative estimate of drug-likeness (QED) is 0.517. The summed E-state index contributed by atoms with van der Waals surface area (Å²) >= 11 is 0. The van der Waals surface area contributed by atoms with Crippen molar-refractivity contribution in [3.63, 3.8) is 0 Å². The number of hydrogen-bond acceptors (Lipinski definition) is 4. The molecule has 0 aliphatic rings. The smallest absolute Gasteiger partial charge is 0.203 e. The molecule has 3 rings (SSSR count). The van der Waals surface area contributed by atoms with Crippen LogP contribution >= 0.6 is 0 Å². The molecular formula is C18H18N4O2. The Labute approximate surface area is 140 Å². The molecule has 0 bridgehead atoms. The van der Waals surface area contributed by atoms with Crippen molar-refractivity contribution in [2.24, 2.45) is 7.05 Å². The van der Waals surface area contributed by atoms with Crippen molar-refractivity contribution >= 4 is 11.9 Å². The zero-order valence-corrected chi connectivity index (χ0v) is 13.6. The van der Waals surface area contributed by atoms with E-state index in [1.54, 1.807) is 49.5 Å². The second-order valence-electron chi connectivity index (χ2n) is 5.31. The maximum atomic E-state index is 12.2. The second-order valence-corrected chi connectivity index (χ2v) is 5.31. The molecule has 6 heteroatoms. The molecule has 1 aromatic carbocycles. The average molecular weight is 322 g/mol. The van der Waals surface area contributed by atoms with E-state index in [2.05, 4.69) is 10.2 Å². The number of carbonyl (C=O) groups excluding carboxylic acids is 1. The molecule has 3 aromatic rings. The van der Waals surface area contributed by atoms with Crippen molar-refractivity contribution < 1.29 is 9.53 Å². The van der Waals surface area contributed by atoms with E-state index in [1.165, 1.54) is 0 Å². The molecule has 0 radical (unpaired) electrons. The summed E-state index contributed by atoms with van der Waals surface area (Å²) in [5, 5.41) is 8.22. The van der Waals surface area contributed by atoms with Gasteiger partial charge in [0.05, 0.1) is 13.7 Å². The van der Waals surface area contributed by atoms with Crippen molar-refractivity contribution in [2.75, 3.05) is 7.11 Å². The lowest BCUT2D eigenvalue weighted by Gasteiger charge is -2.09. The Morgan fingerprint density at radius 2 is 2.12 bits per heavy atom. The lowest BCUT2D eigenvalue weighted by molar-refractivity contribution is 0.103. The SMILES string of the molecule is COc1ccc(C=CC(=O)c2ccnn2C)cc1Cn1cccn1. The van der Waals surface area contributed by atoms with Gasteiger partial charge in [-0.2, -0.15) is 10.2 Å². The number of aryl methyl sites for hydroxylation is 1. The number of benzene rings is 1. The van der Waals surface area contributed by atoms with Gasteiger partial charge < -0.3 is 4.74 Å². The van der Waals surface area contributed by atoms with Gasteiger partial charge in [-0.15, -0.1) is 0 Å². The monoisotopic (exact) mass is 322 g/mol. The van der Waals surface area contributed by atoms with E-state index in [0.29, 0.717) is 12.2 Å². The first-order chi connectivity index (χ1) is 11.7. The summed E-state index contributed by atoms with van der Waals surface area (Å²) in [7, 11) is 3.39. The van der Waals surface area contributed by atoms with Crippen molar-refractivity contribution in [1.82, 2.24) is 19.6 Å². The van der Waals surface area contributed by atoms with E-state index >= 15 is 0 Å². The van der Waals surface area contributed by atoms with Crippen molar-refractivity contribution in [3.8, 4) is 5.75 Å². The minimum atomic E-state index is -0.0838. The second kappa shape index (κ2) is 6.95. The highest BCUT2D eigenvalue weighted by Gasteiger charge is 2.07. The molecule has 0 unspecified atom stereocenters. The average Bonchev–Trinajstić information content (AvgIpc) is 3.24. The molecule has 0 fully saturated rings. The first-order valence-electron chi connectivity index (χ1n) is 7.52. The fourth-order valence-electron chi connectivity index (χ4n) is 2.47. The van der Waals surface area contributed by atoms with Crippen LogP contribution in [0.4, 0.5) is 0 Å². The Hall–Kier alpha value is -3.15. The van der Waals surface area contributed by atoms with Gasteiger partial charge in [-0.1, -0.05) is 12.1 Å². The largest absolute Gasteiger partial charge is 0.496 e. The number of rotatable bonds is 6. The summed E-state index contributed by atoms with van der Waals surface area (Å²) in [4.78, 5) is 12.2. The van der Waals surface area contributed by atoms with Gasteiger partial charge in [-0.3, -0.25) is 14.2 Å². The molecule has 2 aromatic heterocycles. The highest BCUT2D eigenvalue weighted by molar-refractivity contribution is 6.05. The summed E-state index contributed by atoms with van der Waals surface area (Å²) in [5.41, 5.74) is 2.47. The molecule has 6 nitrogen and oxygen atoms in total. The van der Waals surface area contributed by atoms with Crippen LogP contribution in [0.5, 0.6) is 5.75 Å². The normalized spacial score (nSPS) is 11.1. The summed E-state index contributed by atoms with van der Waals surface area (Å²) in [6.45, 7) is 0.605. The van der Waals surface area contributed by atoms with Gasteiger partial charge in [0.25, 0.3) is 0 Å². The third-order valence-electron chi connectivity index (χ3n) is 3.70. The highest BCUT2D eigenvalue weighted by atomic mass is 16.5. The molecule has 0 atom stereocenters. The van der Waals surface area contributed by atoms with Crippen LogP contribution in [0.25, 0.3) is 6.08 Å². The van der Waals surface area contributed by atoms with Gasteiger partial charge >= 0.3 is 0 Å². The molecule has 0 N–H and O–H groups in total. The van der Waals surface area contributed by atoms with Gasteiger partial charge in [0.15, 0.2) is 0 Å².